The van der Waals surface area contributed by atoms with E-state index in [0.29, 0.717) is 0 Å². The maximum absolute atomic E-state index is 11.7. The third-order valence-corrected chi connectivity index (χ3v) is 3.60. The van der Waals surface area contributed by atoms with Crippen LogP contribution in [0.15, 0.2) is 0 Å². The summed E-state index contributed by atoms with van der Waals surface area (Å²) in [5, 5.41) is 15.4. The number of rotatable bonds is 10. The molecule has 9 nitrogen and oxygen atoms in total. The third kappa shape index (κ3) is 8.41. The molecule has 0 aromatic carbocycles. The monoisotopic (exact) mass is 348 g/mol. The van der Waals surface area contributed by atoms with Gasteiger partial charge in [-0.1, -0.05) is 20.3 Å². The molecule has 0 aliphatic heterocycles. The molecule has 0 heterocycles. The van der Waals surface area contributed by atoms with E-state index in [-0.39, 0.29) is 18.2 Å². The van der Waals surface area contributed by atoms with Gasteiger partial charge in [0.25, 0.3) is 0 Å². The van der Waals surface area contributed by atoms with Crippen LogP contribution in [0.4, 0.5) is 0 Å². The number of carboxylic acids is 1. The molecular formula is C13H24N4O5S. The van der Waals surface area contributed by atoms with Crippen molar-refractivity contribution in [2.75, 3.05) is 18.8 Å². The van der Waals surface area contributed by atoms with Crippen LogP contribution in [0, 0.1) is 5.92 Å². The number of amides is 3. The van der Waals surface area contributed by atoms with Gasteiger partial charge < -0.3 is 26.8 Å². The summed E-state index contributed by atoms with van der Waals surface area (Å²) < 4.78 is 0. The van der Waals surface area contributed by atoms with Crippen molar-refractivity contribution >= 4 is 36.3 Å². The average molecular weight is 348 g/mol. The molecule has 0 saturated heterocycles. The van der Waals surface area contributed by atoms with E-state index in [2.05, 4.69) is 28.6 Å². The number of aliphatic carboxylic acids is 1. The Labute approximate surface area is 140 Å². The summed E-state index contributed by atoms with van der Waals surface area (Å²) in [5.41, 5.74) is 5.73. The van der Waals surface area contributed by atoms with Gasteiger partial charge in [0.2, 0.25) is 17.7 Å². The zero-order chi connectivity index (χ0) is 18.0. The van der Waals surface area contributed by atoms with Crippen LogP contribution in [0.3, 0.4) is 0 Å². The van der Waals surface area contributed by atoms with Crippen molar-refractivity contribution in [2.45, 2.75) is 32.4 Å². The Balaban J connectivity index is 4.32. The highest BCUT2D eigenvalue weighted by molar-refractivity contribution is 7.80. The van der Waals surface area contributed by atoms with Crippen molar-refractivity contribution < 1.29 is 24.3 Å². The van der Waals surface area contributed by atoms with Gasteiger partial charge in [0.1, 0.15) is 12.6 Å². The van der Waals surface area contributed by atoms with Crippen molar-refractivity contribution in [3.05, 3.63) is 0 Å². The Morgan fingerprint density at radius 2 is 1.70 bits per heavy atom. The van der Waals surface area contributed by atoms with Gasteiger partial charge in [-0.3, -0.25) is 19.2 Å². The topological polar surface area (TPSA) is 151 Å². The molecule has 0 radical (unpaired) electrons. The second-order valence-electron chi connectivity index (χ2n) is 5.04. The zero-order valence-corrected chi connectivity index (χ0v) is 14.1. The lowest BCUT2D eigenvalue weighted by Gasteiger charge is -2.19. The molecule has 0 spiro atoms. The maximum atomic E-state index is 11.7. The number of carbonyl (C=O) groups excluding carboxylic acids is 3. The molecule has 23 heavy (non-hydrogen) atoms. The van der Waals surface area contributed by atoms with Gasteiger partial charge in [-0.15, -0.1) is 0 Å². The van der Waals surface area contributed by atoms with Crippen molar-refractivity contribution in [1.29, 1.82) is 0 Å². The molecule has 0 aliphatic rings. The largest absolute Gasteiger partial charge is 0.480 e. The molecular weight excluding hydrogens is 324 g/mol. The molecule has 3 unspecified atom stereocenters. The predicted molar refractivity (Wildman–Crippen MR) is 86.9 cm³/mol. The van der Waals surface area contributed by atoms with Gasteiger partial charge in [0, 0.05) is 5.75 Å². The molecule has 0 rings (SSSR count). The van der Waals surface area contributed by atoms with Crippen molar-refractivity contribution in [1.82, 2.24) is 16.0 Å². The van der Waals surface area contributed by atoms with Crippen molar-refractivity contribution in [2.24, 2.45) is 11.7 Å². The average Bonchev–Trinajstić information content (AvgIpc) is 2.53. The Morgan fingerprint density at radius 3 is 2.17 bits per heavy atom. The predicted octanol–water partition coefficient (Wildman–Crippen LogP) is -1.91. The van der Waals surface area contributed by atoms with Gasteiger partial charge in [0.05, 0.1) is 12.6 Å². The van der Waals surface area contributed by atoms with E-state index in [9.17, 15) is 19.2 Å². The summed E-state index contributed by atoms with van der Waals surface area (Å²) in [6.07, 6.45) is 0.728. The second kappa shape index (κ2) is 10.8. The first kappa shape index (κ1) is 21.2. The highest BCUT2D eigenvalue weighted by Crippen LogP contribution is 2.04. The molecule has 0 aliphatic carbocycles. The number of nitrogens with one attached hydrogen (secondary N) is 3. The molecule has 3 amide bonds. The minimum absolute atomic E-state index is 0.0163. The van der Waals surface area contributed by atoms with E-state index < -0.39 is 42.3 Å². The summed E-state index contributed by atoms with van der Waals surface area (Å²) in [6.45, 7) is 2.84. The summed E-state index contributed by atoms with van der Waals surface area (Å²) >= 11 is 3.92. The van der Waals surface area contributed by atoms with Gasteiger partial charge >= 0.3 is 5.97 Å². The lowest BCUT2D eigenvalue weighted by molar-refractivity contribution is -0.138. The molecule has 132 valence electrons. The number of hydrogen-bond acceptors (Lipinski definition) is 6. The van der Waals surface area contributed by atoms with E-state index in [1.807, 2.05) is 13.8 Å². The van der Waals surface area contributed by atoms with Crippen LogP contribution in [0.2, 0.25) is 0 Å². The third-order valence-electron chi connectivity index (χ3n) is 3.23. The van der Waals surface area contributed by atoms with Crippen LogP contribution in [-0.4, -0.2) is 59.7 Å². The number of nitrogens with two attached hydrogens (primary N) is 1. The molecule has 3 atom stereocenters. The Morgan fingerprint density at radius 1 is 1.13 bits per heavy atom. The lowest BCUT2D eigenvalue weighted by Crippen LogP contribution is -2.52. The quantitative estimate of drug-likeness (QED) is 0.254. The fourth-order valence-corrected chi connectivity index (χ4v) is 1.78. The molecule has 0 aromatic rings. The van der Waals surface area contributed by atoms with Crippen molar-refractivity contribution in [3.8, 4) is 0 Å². The van der Waals surface area contributed by atoms with E-state index in [0.717, 1.165) is 6.42 Å². The minimum Gasteiger partial charge on any atom is -0.480 e. The molecule has 0 fully saturated rings. The van der Waals surface area contributed by atoms with Crippen molar-refractivity contribution in [3.63, 3.8) is 0 Å². The highest BCUT2D eigenvalue weighted by Gasteiger charge is 2.22. The van der Waals surface area contributed by atoms with E-state index in [4.69, 9.17) is 10.8 Å². The minimum atomic E-state index is -1.20. The second-order valence-corrected chi connectivity index (χ2v) is 5.41. The fourth-order valence-electron chi connectivity index (χ4n) is 1.52. The number of carbonyl (C=O) groups is 4. The first-order valence-electron chi connectivity index (χ1n) is 7.15. The van der Waals surface area contributed by atoms with Crippen LogP contribution < -0.4 is 21.7 Å². The SMILES string of the molecule is CCC(C)C(N)C(=O)NCC(=O)NC(CS)C(=O)NCC(=O)O. The van der Waals surface area contributed by atoms with Crippen LogP contribution >= 0.6 is 12.6 Å². The smallest absolute Gasteiger partial charge is 0.322 e. The number of thiol groups is 1. The fraction of sp³-hybridized carbons (Fsp3) is 0.692. The van der Waals surface area contributed by atoms with Gasteiger partial charge in [-0.2, -0.15) is 12.6 Å². The normalized spacial score (nSPS) is 14.3. The zero-order valence-electron chi connectivity index (χ0n) is 13.2. The van der Waals surface area contributed by atoms with Crippen LogP contribution in [0.5, 0.6) is 0 Å². The summed E-state index contributed by atoms with van der Waals surface area (Å²) in [6, 6.07) is -1.71. The number of carboxylic acid groups (broad SMARTS) is 1. The summed E-state index contributed by atoms with van der Waals surface area (Å²) in [7, 11) is 0. The first-order valence-corrected chi connectivity index (χ1v) is 7.79. The van der Waals surface area contributed by atoms with E-state index in [1.165, 1.54) is 0 Å². The van der Waals surface area contributed by atoms with Gasteiger partial charge in [-0.05, 0) is 5.92 Å². The summed E-state index contributed by atoms with van der Waals surface area (Å²) in [5.74, 6) is -2.96. The van der Waals surface area contributed by atoms with Gasteiger partial charge in [-0.25, -0.2) is 0 Å². The van der Waals surface area contributed by atoms with E-state index in [1.54, 1.807) is 0 Å². The Kier molecular flexibility index (Phi) is 9.99. The Hall–Kier alpha value is -1.81. The molecule has 0 bridgehead atoms. The standard InChI is InChI=1S/C13H24N4O5S/c1-3-7(2)11(14)13(22)15-4-9(18)17-8(6-23)12(21)16-5-10(19)20/h7-8,11,23H,3-6,14H2,1-2H3,(H,15,22)(H,16,21)(H,17,18)(H,19,20). The maximum Gasteiger partial charge on any atom is 0.322 e. The first-order chi connectivity index (χ1) is 10.7. The summed E-state index contributed by atoms with van der Waals surface area (Å²) in [4.78, 5) is 45.5. The molecule has 6 N–H and O–H groups in total. The molecule has 10 heteroatoms. The highest BCUT2D eigenvalue weighted by atomic mass is 32.1. The molecule has 0 saturated carbocycles. The number of hydrogen-bond donors (Lipinski definition) is 6. The van der Waals surface area contributed by atoms with Crippen LogP contribution in [0.1, 0.15) is 20.3 Å². The van der Waals surface area contributed by atoms with Crippen LogP contribution in [-0.2, 0) is 19.2 Å². The Bertz CT molecular complexity index is 446. The van der Waals surface area contributed by atoms with Crippen LogP contribution in [0.25, 0.3) is 0 Å². The van der Waals surface area contributed by atoms with E-state index >= 15 is 0 Å². The lowest BCUT2D eigenvalue weighted by atomic mass is 9.99. The molecule has 0 aromatic heterocycles. The van der Waals surface area contributed by atoms with Gasteiger partial charge in [0.15, 0.2) is 0 Å².